The van der Waals surface area contributed by atoms with Crippen LogP contribution in [0.25, 0.3) is 16.6 Å². The Morgan fingerprint density at radius 3 is 2.28 bits per heavy atom. The van der Waals surface area contributed by atoms with Crippen molar-refractivity contribution in [2.24, 2.45) is 0 Å². The third kappa shape index (κ3) is 4.27. The van der Waals surface area contributed by atoms with E-state index in [2.05, 4.69) is 12.2 Å². The van der Waals surface area contributed by atoms with Crippen LogP contribution in [0.3, 0.4) is 0 Å². The fraction of sp³-hybridized carbons (Fsp3) is 0.120. The molecule has 0 aliphatic heterocycles. The molecule has 3 aromatic carbocycles. The SMILES string of the molecule is CCc1ccc(CC(=O)Nc2cccc3c2ccc(=O)n3-c2ccc([N+](=O)[O-])cc2)cc1. The number of nitrogens with one attached hydrogen (secondary N) is 1. The second-order valence-electron chi connectivity index (χ2n) is 7.41. The number of aromatic nitrogens is 1. The highest BCUT2D eigenvalue weighted by molar-refractivity contribution is 6.02. The number of nitro benzene ring substituents is 1. The molecule has 0 fully saturated rings. The standard InChI is InChI=1S/C25H21N3O4/c1-2-17-6-8-18(9-7-17)16-24(29)26-22-4-3-5-23-21(22)14-15-25(30)27(23)19-10-12-20(13-11-19)28(31)32/h3-15H,2,16H2,1H3,(H,26,29). The monoisotopic (exact) mass is 427 g/mol. The van der Waals surface area contributed by atoms with Crippen LogP contribution < -0.4 is 10.9 Å². The average Bonchev–Trinajstić information content (AvgIpc) is 2.79. The highest BCUT2D eigenvalue weighted by Crippen LogP contribution is 2.25. The first kappa shape index (κ1) is 21.0. The van der Waals surface area contributed by atoms with Gasteiger partial charge in [-0.05, 0) is 47.9 Å². The Morgan fingerprint density at radius 1 is 0.938 bits per heavy atom. The Bertz CT molecular complexity index is 1360. The topological polar surface area (TPSA) is 94.2 Å². The third-order valence-electron chi connectivity index (χ3n) is 5.33. The van der Waals surface area contributed by atoms with Crippen LogP contribution in [0.5, 0.6) is 0 Å². The molecule has 0 bridgehead atoms. The van der Waals surface area contributed by atoms with Crippen molar-refractivity contribution in [3.63, 3.8) is 0 Å². The molecule has 1 heterocycles. The van der Waals surface area contributed by atoms with Gasteiger partial charge in [-0.1, -0.05) is 37.3 Å². The predicted molar refractivity (Wildman–Crippen MR) is 124 cm³/mol. The molecule has 4 aromatic rings. The van der Waals surface area contributed by atoms with Crippen molar-refractivity contribution >= 4 is 28.2 Å². The zero-order valence-corrected chi connectivity index (χ0v) is 17.4. The minimum Gasteiger partial charge on any atom is -0.325 e. The van der Waals surface area contributed by atoms with E-state index in [1.807, 2.05) is 24.3 Å². The van der Waals surface area contributed by atoms with E-state index in [4.69, 9.17) is 0 Å². The lowest BCUT2D eigenvalue weighted by Gasteiger charge is -2.14. The van der Waals surface area contributed by atoms with E-state index < -0.39 is 4.92 Å². The van der Waals surface area contributed by atoms with E-state index in [9.17, 15) is 19.7 Å². The van der Waals surface area contributed by atoms with Crippen molar-refractivity contribution in [3.05, 3.63) is 110 Å². The Kier molecular flexibility index (Phi) is 5.81. The van der Waals surface area contributed by atoms with E-state index in [1.165, 1.54) is 40.5 Å². The molecule has 1 aromatic heterocycles. The molecule has 0 spiro atoms. The fourth-order valence-electron chi connectivity index (χ4n) is 3.64. The minimum absolute atomic E-state index is 0.0537. The molecule has 1 N–H and O–H groups in total. The number of nitro groups is 1. The molecule has 0 saturated heterocycles. The van der Waals surface area contributed by atoms with Crippen LogP contribution in [0.15, 0.2) is 83.7 Å². The van der Waals surface area contributed by atoms with Crippen molar-refractivity contribution in [3.8, 4) is 5.69 Å². The van der Waals surface area contributed by atoms with Crippen LogP contribution in [0.2, 0.25) is 0 Å². The number of hydrogen-bond acceptors (Lipinski definition) is 4. The van der Waals surface area contributed by atoms with Gasteiger partial charge in [-0.15, -0.1) is 0 Å². The van der Waals surface area contributed by atoms with E-state index in [1.54, 1.807) is 24.3 Å². The summed E-state index contributed by atoms with van der Waals surface area (Å²) in [5.41, 5.74) is 3.50. The molecule has 0 aliphatic rings. The first-order valence-corrected chi connectivity index (χ1v) is 10.2. The molecule has 4 rings (SSSR count). The van der Waals surface area contributed by atoms with Crippen molar-refractivity contribution < 1.29 is 9.72 Å². The summed E-state index contributed by atoms with van der Waals surface area (Å²) in [4.78, 5) is 35.7. The van der Waals surface area contributed by atoms with Gasteiger partial charge < -0.3 is 5.32 Å². The molecule has 0 atom stereocenters. The number of amides is 1. The first-order valence-electron chi connectivity index (χ1n) is 10.2. The highest BCUT2D eigenvalue weighted by atomic mass is 16.6. The zero-order chi connectivity index (χ0) is 22.7. The number of non-ortho nitro benzene ring substituents is 1. The minimum atomic E-state index is -0.487. The predicted octanol–water partition coefficient (Wildman–Crippen LogP) is 4.64. The van der Waals surface area contributed by atoms with Crippen LogP contribution in [-0.4, -0.2) is 15.4 Å². The van der Waals surface area contributed by atoms with E-state index in [-0.39, 0.29) is 23.6 Å². The molecule has 7 heteroatoms. The lowest BCUT2D eigenvalue weighted by molar-refractivity contribution is -0.384. The van der Waals surface area contributed by atoms with Gasteiger partial charge in [0, 0.05) is 29.3 Å². The normalized spacial score (nSPS) is 10.8. The van der Waals surface area contributed by atoms with Gasteiger partial charge in [-0.3, -0.25) is 24.3 Å². The van der Waals surface area contributed by atoms with Crippen LogP contribution in [0, 0.1) is 10.1 Å². The number of rotatable bonds is 6. The second kappa shape index (κ2) is 8.85. The number of carbonyl (C=O) groups is 1. The summed E-state index contributed by atoms with van der Waals surface area (Å²) in [6.45, 7) is 2.08. The van der Waals surface area contributed by atoms with Gasteiger partial charge in [0.15, 0.2) is 0 Å². The van der Waals surface area contributed by atoms with Crippen molar-refractivity contribution in [2.45, 2.75) is 19.8 Å². The molecule has 160 valence electrons. The molecule has 32 heavy (non-hydrogen) atoms. The summed E-state index contributed by atoms with van der Waals surface area (Å²) in [6.07, 6.45) is 1.18. The second-order valence-corrected chi connectivity index (χ2v) is 7.41. The molecule has 7 nitrogen and oxygen atoms in total. The van der Waals surface area contributed by atoms with Gasteiger partial charge in [-0.2, -0.15) is 0 Å². The molecule has 0 unspecified atom stereocenters. The Labute approximate surface area is 184 Å². The maximum Gasteiger partial charge on any atom is 0.269 e. The molecule has 0 radical (unpaired) electrons. The summed E-state index contributed by atoms with van der Waals surface area (Å²) in [6, 6.07) is 22.1. The smallest absolute Gasteiger partial charge is 0.269 e. The summed E-state index contributed by atoms with van der Waals surface area (Å²) in [5.74, 6) is -0.158. The number of carbonyl (C=O) groups excluding carboxylic acids is 1. The first-order chi connectivity index (χ1) is 15.5. The number of pyridine rings is 1. The Balaban J connectivity index is 1.66. The molecule has 0 aliphatic carbocycles. The summed E-state index contributed by atoms with van der Waals surface area (Å²) in [5, 5.41) is 14.6. The lowest BCUT2D eigenvalue weighted by atomic mass is 10.1. The maximum atomic E-state index is 12.7. The number of aryl methyl sites for hydroxylation is 1. The van der Waals surface area contributed by atoms with E-state index in [0.29, 0.717) is 22.3 Å². The van der Waals surface area contributed by atoms with Gasteiger partial charge in [-0.25, -0.2) is 0 Å². The number of hydrogen-bond donors (Lipinski definition) is 1. The Hall–Kier alpha value is -4.26. The molecular weight excluding hydrogens is 406 g/mol. The summed E-state index contributed by atoms with van der Waals surface area (Å²) >= 11 is 0. The van der Waals surface area contributed by atoms with E-state index in [0.717, 1.165) is 12.0 Å². The van der Waals surface area contributed by atoms with Gasteiger partial charge in [0.1, 0.15) is 0 Å². The van der Waals surface area contributed by atoms with Gasteiger partial charge in [0.25, 0.3) is 11.2 Å². The lowest BCUT2D eigenvalue weighted by Crippen LogP contribution is -2.19. The zero-order valence-electron chi connectivity index (χ0n) is 17.4. The highest BCUT2D eigenvalue weighted by Gasteiger charge is 2.12. The number of benzene rings is 3. The fourth-order valence-corrected chi connectivity index (χ4v) is 3.64. The van der Waals surface area contributed by atoms with Crippen LogP contribution in [0.4, 0.5) is 11.4 Å². The van der Waals surface area contributed by atoms with Crippen molar-refractivity contribution in [1.29, 1.82) is 0 Å². The molecule has 1 amide bonds. The number of fused-ring (bicyclic) bond motifs is 1. The third-order valence-corrected chi connectivity index (χ3v) is 5.33. The van der Waals surface area contributed by atoms with Crippen molar-refractivity contribution in [1.82, 2.24) is 4.57 Å². The van der Waals surface area contributed by atoms with Crippen LogP contribution in [-0.2, 0) is 17.6 Å². The van der Waals surface area contributed by atoms with Gasteiger partial charge in [0.05, 0.1) is 22.5 Å². The largest absolute Gasteiger partial charge is 0.325 e. The van der Waals surface area contributed by atoms with Crippen LogP contribution >= 0.6 is 0 Å². The van der Waals surface area contributed by atoms with Crippen molar-refractivity contribution in [2.75, 3.05) is 5.32 Å². The summed E-state index contributed by atoms with van der Waals surface area (Å²) in [7, 11) is 0. The quantitative estimate of drug-likeness (QED) is 0.358. The van der Waals surface area contributed by atoms with Gasteiger partial charge in [0.2, 0.25) is 5.91 Å². The average molecular weight is 427 g/mol. The van der Waals surface area contributed by atoms with E-state index >= 15 is 0 Å². The number of nitrogens with zero attached hydrogens (tertiary/aromatic N) is 2. The van der Waals surface area contributed by atoms with Crippen LogP contribution in [0.1, 0.15) is 18.1 Å². The summed E-state index contributed by atoms with van der Waals surface area (Å²) < 4.78 is 1.47. The Morgan fingerprint density at radius 2 is 1.62 bits per heavy atom. The maximum absolute atomic E-state index is 12.7. The molecular formula is C25H21N3O4. The van der Waals surface area contributed by atoms with Gasteiger partial charge >= 0.3 is 0 Å². The molecule has 0 saturated carbocycles. The number of anilines is 1.